The van der Waals surface area contributed by atoms with E-state index in [9.17, 15) is 14.7 Å². The van der Waals surface area contributed by atoms with Gasteiger partial charge in [-0.3, -0.25) is 5.32 Å². The minimum absolute atomic E-state index is 0.141. The minimum atomic E-state index is -1.24. The van der Waals surface area contributed by atoms with Crippen LogP contribution in [0.25, 0.3) is 11.1 Å². The quantitative estimate of drug-likeness (QED) is 0.435. The van der Waals surface area contributed by atoms with Crippen molar-refractivity contribution in [2.24, 2.45) is 0 Å². The Morgan fingerprint density at radius 1 is 1.14 bits per heavy atom. The molecule has 1 atom stereocenters. The summed E-state index contributed by atoms with van der Waals surface area (Å²) < 4.78 is 11.9. The van der Waals surface area contributed by atoms with E-state index in [-0.39, 0.29) is 12.1 Å². The maximum atomic E-state index is 12.9. The summed E-state index contributed by atoms with van der Waals surface area (Å²) in [4.78, 5) is 30.2. The number of fused-ring (bicyclic) bond motifs is 1. The van der Waals surface area contributed by atoms with Crippen LogP contribution < -0.4 is 15.4 Å². The summed E-state index contributed by atoms with van der Waals surface area (Å²) in [5.41, 5.74) is 3.64. The number of amides is 2. The zero-order valence-electron chi connectivity index (χ0n) is 22.6. The summed E-state index contributed by atoms with van der Waals surface area (Å²) in [6.07, 6.45) is 5.93. The number of hydrogen-bond donors (Lipinski definition) is 3. The van der Waals surface area contributed by atoms with Gasteiger partial charge in [0.1, 0.15) is 11.6 Å². The molecular formula is C29H39N3O5. The van der Waals surface area contributed by atoms with Crippen LogP contribution in [0, 0.1) is 13.8 Å². The second kappa shape index (κ2) is 11.1. The number of hydrogen-bond acceptors (Lipinski definition) is 5. The number of aromatic nitrogens is 1. The van der Waals surface area contributed by atoms with E-state index in [0.717, 1.165) is 55.4 Å². The Morgan fingerprint density at radius 2 is 1.86 bits per heavy atom. The Kier molecular flexibility index (Phi) is 8.07. The number of carbonyl (C=O) groups is 2. The molecule has 1 fully saturated rings. The van der Waals surface area contributed by atoms with Crippen LogP contribution >= 0.6 is 0 Å². The van der Waals surface area contributed by atoms with Crippen molar-refractivity contribution in [3.63, 3.8) is 0 Å². The fourth-order valence-corrected chi connectivity index (χ4v) is 5.31. The van der Waals surface area contributed by atoms with Crippen molar-refractivity contribution in [3.05, 3.63) is 40.6 Å². The van der Waals surface area contributed by atoms with Gasteiger partial charge in [-0.25, -0.2) is 14.6 Å². The predicted molar refractivity (Wildman–Crippen MR) is 143 cm³/mol. The summed E-state index contributed by atoms with van der Waals surface area (Å²) in [6, 6.07) is 5.75. The van der Waals surface area contributed by atoms with Crippen LogP contribution in [0.5, 0.6) is 5.75 Å². The van der Waals surface area contributed by atoms with Gasteiger partial charge in [0.15, 0.2) is 6.10 Å². The first-order valence-corrected chi connectivity index (χ1v) is 13.3. The smallest absolute Gasteiger partial charge is 0.337 e. The van der Waals surface area contributed by atoms with Gasteiger partial charge >= 0.3 is 12.0 Å². The predicted octanol–water partition coefficient (Wildman–Crippen LogP) is 6.09. The molecule has 1 aliphatic heterocycles. The fraction of sp³-hybridized carbons (Fsp3) is 0.552. The molecule has 0 saturated heterocycles. The van der Waals surface area contributed by atoms with E-state index in [4.69, 9.17) is 14.5 Å². The number of nitrogens with one attached hydrogen (secondary N) is 2. The zero-order chi connectivity index (χ0) is 26.7. The van der Waals surface area contributed by atoms with E-state index in [2.05, 4.69) is 16.7 Å². The number of aliphatic carboxylic acids is 1. The molecule has 0 bridgehead atoms. The first-order chi connectivity index (χ1) is 17.5. The van der Waals surface area contributed by atoms with E-state index in [1.54, 1.807) is 6.92 Å². The first kappa shape index (κ1) is 26.9. The van der Waals surface area contributed by atoms with Gasteiger partial charge in [0.25, 0.3) is 0 Å². The van der Waals surface area contributed by atoms with Gasteiger partial charge in [0, 0.05) is 22.9 Å². The molecule has 1 aromatic carbocycles. The average molecular weight is 510 g/mol. The van der Waals surface area contributed by atoms with Crippen molar-refractivity contribution in [1.82, 2.24) is 10.3 Å². The lowest BCUT2D eigenvalue weighted by molar-refractivity contribution is -0.160. The summed E-state index contributed by atoms with van der Waals surface area (Å²) in [5.74, 6) is 0.107. The summed E-state index contributed by atoms with van der Waals surface area (Å²) in [5, 5.41) is 16.2. The number of aryl methyl sites for hydroxylation is 2. The highest BCUT2D eigenvalue weighted by molar-refractivity contribution is 5.91. The maximum Gasteiger partial charge on any atom is 0.337 e. The number of anilines is 1. The van der Waals surface area contributed by atoms with Crippen molar-refractivity contribution in [2.75, 3.05) is 11.9 Å². The lowest BCUT2D eigenvalue weighted by Crippen LogP contribution is -2.39. The molecule has 200 valence electrons. The zero-order valence-corrected chi connectivity index (χ0v) is 22.6. The second-order valence-corrected chi connectivity index (χ2v) is 11.1. The summed E-state index contributed by atoms with van der Waals surface area (Å²) >= 11 is 0. The Bertz CT molecular complexity index is 1170. The van der Waals surface area contributed by atoms with Crippen LogP contribution in [0.3, 0.4) is 0 Å². The molecule has 1 saturated carbocycles. The monoisotopic (exact) mass is 509 g/mol. The Balaban J connectivity index is 1.79. The largest absolute Gasteiger partial charge is 0.493 e. The van der Waals surface area contributed by atoms with Gasteiger partial charge < -0.3 is 19.9 Å². The number of urea groups is 1. The normalized spacial score (nSPS) is 16.9. The third-order valence-electron chi connectivity index (χ3n) is 7.00. The number of ether oxygens (including phenoxy) is 2. The van der Waals surface area contributed by atoms with Gasteiger partial charge in [0.05, 0.1) is 12.2 Å². The van der Waals surface area contributed by atoms with Gasteiger partial charge in [0.2, 0.25) is 0 Å². The number of rotatable bonds is 6. The Hall–Kier alpha value is -3.13. The SMILES string of the molecule is Cc1nc(NC(=O)NC2CCCCC2)c(C)c(C(OC(C)(C)C)C(=O)O)c1-c1ccc2c(c1)CCCO2. The van der Waals surface area contributed by atoms with Gasteiger partial charge in [-0.1, -0.05) is 25.3 Å². The van der Waals surface area contributed by atoms with E-state index in [0.29, 0.717) is 34.8 Å². The number of pyridine rings is 1. The van der Waals surface area contributed by atoms with Crippen molar-refractivity contribution >= 4 is 17.8 Å². The number of benzene rings is 1. The lowest BCUT2D eigenvalue weighted by Gasteiger charge is -2.29. The van der Waals surface area contributed by atoms with E-state index < -0.39 is 17.7 Å². The van der Waals surface area contributed by atoms with E-state index in [1.165, 1.54) is 6.42 Å². The van der Waals surface area contributed by atoms with E-state index >= 15 is 0 Å². The molecule has 0 radical (unpaired) electrons. The minimum Gasteiger partial charge on any atom is -0.493 e. The molecule has 2 aliphatic rings. The van der Waals surface area contributed by atoms with Crippen LogP contribution in [0.1, 0.15) is 87.8 Å². The molecule has 1 aromatic heterocycles. The number of nitrogens with zero attached hydrogens (tertiary/aromatic N) is 1. The van der Waals surface area contributed by atoms with Crippen molar-refractivity contribution in [3.8, 4) is 16.9 Å². The van der Waals surface area contributed by atoms with Crippen LogP contribution in [-0.2, 0) is 16.0 Å². The van der Waals surface area contributed by atoms with Crippen LogP contribution in [-0.4, -0.2) is 40.3 Å². The van der Waals surface area contributed by atoms with Gasteiger partial charge in [-0.05, 0) is 89.1 Å². The van der Waals surface area contributed by atoms with Crippen molar-refractivity contribution in [2.45, 2.75) is 97.3 Å². The first-order valence-electron chi connectivity index (χ1n) is 13.3. The molecule has 37 heavy (non-hydrogen) atoms. The molecular weight excluding hydrogens is 470 g/mol. The van der Waals surface area contributed by atoms with Crippen molar-refractivity contribution in [1.29, 1.82) is 0 Å². The number of carbonyl (C=O) groups excluding carboxylic acids is 1. The van der Waals surface area contributed by atoms with Crippen LogP contribution in [0.4, 0.5) is 10.6 Å². The average Bonchev–Trinajstić information content (AvgIpc) is 2.84. The topological polar surface area (TPSA) is 110 Å². The van der Waals surface area contributed by atoms with Gasteiger partial charge in [-0.2, -0.15) is 0 Å². The molecule has 1 aliphatic carbocycles. The molecule has 2 aromatic rings. The Morgan fingerprint density at radius 3 is 2.54 bits per heavy atom. The molecule has 8 heteroatoms. The summed E-state index contributed by atoms with van der Waals surface area (Å²) in [6.45, 7) is 9.83. The third kappa shape index (κ3) is 6.42. The molecule has 4 rings (SSSR count). The highest BCUT2D eigenvalue weighted by Crippen LogP contribution is 2.41. The lowest BCUT2D eigenvalue weighted by atomic mass is 9.89. The summed E-state index contributed by atoms with van der Waals surface area (Å²) in [7, 11) is 0. The number of carboxylic acids is 1. The highest BCUT2D eigenvalue weighted by atomic mass is 16.5. The fourth-order valence-electron chi connectivity index (χ4n) is 5.31. The molecule has 8 nitrogen and oxygen atoms in total. The Labute approximate surface area is 219 Å². The molecule has 0 spiro atoms. The third-order valence-corrected chi connectivity index (χ3v) is 7.00. The van der Waals surface area contributed by atoms with Crippen LogP contribution in [0.2, 0.25) is 0 Å². The molecule has 2 heterocycles. The van der Waals surface area contributed by atoms with Crippen molar-refractivity contribution < 1.29 is 24.2 Å². The second-order valence-electron chi connectivity index (χ2n) is 11.1. The van der Waals surface area contributed by atoms with Gasteiger partial charge in [-0.15, -0.1) is 0 Å². The van der Waals surface area contributed by atoms with E-state index in [1.807, 2.05) is 39.8 Å². The number of carboxylic acid groups (broad SMARTS) is 1. The molecule has 1 unspecified atom stereocenters. The molecule has 3 N–H and O–H groups in total. The highest BCUT2D eigenvalue weighted by Gasteiger charge is 2.33. The molecule has 2 amide bonds. The standard InChI is InChI=1S/C29H39N3O5/c1-17-23(25(27(33)34)37-29(3,4)5)24(20-13-14-22-19(16-20)10-9-15-36-22)18(2)30-26(17)32-28(35)31-21-11-7-6-8-12-21/h13-14,16,21,25H,6-12,15H2,1-5H3,(H,33,34)(H2,30,31,32,35). The van der Waals surface area contributed by atoms with Crippen LogP contribution in [0.15, 0.2) is 18.2 Å². The maximum absolute atomic E-state index is 12.9.